The topological polar surface area (TPSA) is 75.7 Å². The van der Waals surface area contributed by atoms with E-state index in [9.17, 15) is 13.2 Å². The molecule has 2 aromatic rings. The predicted molar refractivity (Wildman–Crippen MR) is 105 cm³/mol. The van der Waals surface area contributed by atoms with Crippen LogP contribution in [0.1, 0.15) is 22.8 Å². The number of para-hydroxylation sites is 1. The highest BCUT2D eigenvalue weighted by atomic mass is 32.2. The van der Waals surface area contributed by atoms with Crippen molar-refractivity contribution in [1.29, 1.82) is 0 Å². The fourth-order valence-corrected chi connectivity index (χ4v) is 3.51. The number of ether oxygens (including phenoxy) is 1. The molecule has 2 aromatic carbocycles. The van der Waals surface area contributed by atoms with Crippen molar-refractivity contribution in [3.63, 3.8) is 0 Å². The molecule has 0 aliphatic carbocycles. The molecule has 0 atom stereocenters. The number of nitrogens with zero attached hydrogens (tertiary/aromatic N) is 1. The first kappa shape index (κ1) is 20.7. The largest absolute Gasteiger partial charge is 0.494 e. The van der Waals surface area contributed by atoms with Crippen LogP contribution in [0, 0.1) is 0 Å². The van der Waals surface area contributed by atoms with Gasteiger partial charge >= 0.3 is 0 Å². The summed E-state index contributed by atoms with van der Waals surface area (Å²) in [6.07, 6.45) is 1.46. The molecule has 1 amide bonds. The zero-order chi connectivity index (χ0) is 19.9. The summed E-state index contributed by atoms with van der Waals surface area (Å²) >= 11 is 0. The van der Waals surface area contributed by atoms with Gasteiger partial charge in [-0.1, -0.05) is 24.3 Å². The number of amides is 1. The molecule has 0 heterocycles. The predicted octanol–water partition coefficient (Wildman–Crippen LogP) is 2.82. The van der Waals surface area contributed by atoms with Gasteiger partial charge < -0.3 is 9.64 Å². The molecule has 144 valence electrons. The van der Waals surface area contributed by atoms with Crippen LogP contribution in [0.25, 0.3) is 0 Å². The van der Waals surface area contributed by atoms with Gasteiger partial charge in [0.1, 0.15) is 5.75 Å². The van der Waals surface area contributed by atoms with Gasteiger partial charge in [0, 0.05) is 31.3 Å². The van der Waals surface area contributed by atoms with E-state index < -0.39 is 10.0 Å². The molecule has 0 saturated heterocycles. The van der Waals surface area contributed by atoms with Gasteiger partial charge in [-0.05, 0) is 37.3 Å². The number of carbonyl (C=O) groups excluding carboxylic acids is 1. The second-order valence-corrected chi connectivity index (χ2v) is 7.63. The highest BCUT2D eigenvalue weighted by Crippen LogP contribution is 2.20. The first-order chi connectivity index (χ1) is 12.9. The molecular weight excluding hydrogens is 364 g/mol. The average Bonchev–Trinajstić information content (AvgIpc) is 2.67. The Morgan fingerprint density at radius 2 is 1.85 bits per heavy atom. The molecule has 1 N–H and O–H groups in total. The van der Waals surface area contributed by atoms with Crippen molar-refractivity contribution >= 4 is 15.9 Å². The van der Waals surface area contributed by atoms with E-state index in [2.05, 4.69) is 11.3 Å². The van der Waals surface area contributed by atoms with Crippen molar-refractivity contribution in [2.75, 3.05) is 20.2 Å². The molecule has 2 rings (SSSR count). The third kappa shape index (κ3) is 5.42. The van der Waals surface area contributed by atoms with Gasteiger partial charge in [0.05, 0.1) is 11.5 Å². The molecule has 0 aromatic heterocycles. The smallest absolute Gasteiger partial charge is 0.253 e. The van der Waals surface area contributed by atoms with Gasteiger partial charge in [-0.2, -0.15) is 0 Å². The van der Waals surface area contributed by atoms with Crippen molar-refractivity contribution in [1.82, 2.24) is 9.62 Å². The summed E-state index contributed by atoms with van der Waals surface area (Å²) in [6.45, 7) is 6.46. The number of nitrogens with one attached hydrogen (secondary N) is 1. The Morgan fingerprint density at radius 1 is 1.19 bits per heavy atom. The standard InChI is InChI=1S/C20H24N2O4S/c1-4-14-21-27(24,25)18-12-10-16(11-13-18)20(23)22(3)15-17-8-6-7-9-19(17)26-5-2/h4,6-13,21H,1,5,14-15H2,2-3H3. The van der Waals surface area contributed by atoms with Crippen LogP contribution < -0.4 is 9.46 Å². The number of rotatable bonds is 9. The van der Waals surface area contributed by atoms with E-state index in [-0.39, 0.29) is 17.3 Å². The lowest BCUT2D eigenvalue weighted by Gasteiger charge is -2.19. The van der Waals surface area contributed by atoms with Crippen molar-refractivity contribution < 1.29 is 17.9 Å². The molecular formula is C20H24N2O4S. The maximum Gasteiger partial charge on any atom is 0.253 e. The molecule has 6 nitrogen and oxygen atoms in total. The Bertz CT molecular complexity index is 892. The normalized spacial score (nSPS) is 11.0. The van der Waals surface area contributed by atoms with E-state index in [1.54, 1.807) is 11.9 Å². The lowest BCUT2D eigenvalue weighted by molar-refractivity contribution is 0.0784. The van der Waals surface area contributed by atoms with E-state index >= 15 is 0 Å². The fourth-order valence-electron chi connectivity index (χ4n) is 2.51. The number of carbonyl (C=O) groups is 1. The van der Waals surface area contributed by atoms with Gasteiger partial charge in [-0.15, -0.1) is 6.58 Å². The summed E-state index contributed by atoms with van der Waals surface area (Å²) < 4.78 is 32.1. The van der Waals surface area contributed by atoms with Crippen LogP contribution in [0.15, 0.2) is 66.1 Å². The van der Waals surface area contributed by atoms with Crippen LogP contribution in [0.5, 0.6) is 5.75 Å². The minimum Gasteiger partial charge on any atom is -0.494 e. The Hall–Kier alpha value is -2.64. The Kier molecular flexibility index (Phi) is 7.15. The van der Waals surface area contributed by atoms with E-state index in [1.165, 1.54) is 30.3 Å². The molecule has 27 heavy (non-hydrogen) atoms. The number of hydrogen-bond acceptors (Lipinski definition) is 4. The van der Waals surface area contributed by atoms with E-state index in [0.29, 0.717) is 18.7 Å². The summed E-state index contributed by atoms with van der Waals surface area (Å²) in [5, 5.41) is 0. The van der Waals surface area contributed by atoms with Crippen LogP contribution in [-0.2, 0) is 16.6 Å². The third-order valence-corrected chi connectivity index (χ3v) is 5.30. The maximum atomic E-state index is 12.7. The molecule has 0 aliphatic rings. The zero-order valence-corrected chi connectivity index (χ0v) is 16.3. The second-order valence-electron chi connectivity index (χ2n) is 5.87. The molecule has 7 heteroatoms. The van der Waals surface area contributed by atoms with Gasteiger partial charge in [0.15, 0.2) is 0 Å². The van der Waals surface area contributed by atoms with Gasteiger partial charge in [-0.25, -0.2) is 13.1 Å². The van der Waals surface area contributed by atoms with Crippen molar-refractivity contribution in [3.05, 3.63) is 72.3 Å². The van der Waals surface area contributed by atoms with Crippen molar-refractivity contribution in [2.45, 2.75) is 18.4 Å². The summed E-state index contributed by atoms with van der Waals surface area (Å²) in [6, 6.07) is 13.4. The van der Waals surface area contributed by atoms with E-state index in [0.717, 1.165) is 11.3 Å². The number of hydrogen-bond donors (Lipinski definition) is 1. The molecule has 0 saturated carbocycles. The van der Waals surface area contributed by atoms with Crippen LogP contribution in [0.3, 0.4) is 0 Å². The van der Waals surface area contributed by atoms with Gasteiger partial charge in [0.25, 0.3) is 5.91 Å². The van der Waals surface area contributed by atoms with Crippen molar-refractivity contribution in [2.24, 2.45) is 0 Å². The van der Waals surface area contributed by atoms with Crippen LogP contribution in [0.4, 0.5) is 0 Å². The third-order valence-electron chi connectivity index (χ3n) is 3.86. The van der Waals surface area contributed by atoms with Crippen LogP contribution in [0.2, 0.25) is 0 Å². The average molecular weight is 388 g/mol. The minimum absolute atomic E-state index is 0.102. The van der Waals surface area contributed by atoms with E-state index in [1.807, 2.05) is 31.2 Å². The second kappa shape index (κ2) is 9.34. The van der Waals surface area contributed by atoms with E-state index in [4.69, 9.17) is 4.74 Å². The molecule has 0 unspecified atom stereocenters. The first-order valence-electron chi connectivity index (χ1n) is 8.55. The Labute approximate surface area is 160 Å². The quantitative estimate of drug-likeness (QED) is 0.670. The summed E-state index contributed by atoms with van der Waals surface area (Å²) in [7, 11) is -1.91. The van der Waals surface area contributed by atoms with Crippen molar-refractivity contribution in [3.8, 4) is 5.75 Å². The van der Waals surface area contributed by atoms with Gasteiger partial charge in [0.2, 0.25) is 10.0 Å². The number of sulfonamides is 1. The Morgan fingerprint density at radius 3 is 2.48 bits per heavy atom. The minimum atomic E-state index is -3.61. The van der Waals surface area contributed by atoms with Crippen LogP contribution >= 0.6 is 0 Å². The molecule has 0 fully saturated rings. The maximum absolute atomic E-state index is 12.7. The van der Waals surface area contributed by atoms with Gasteiger partial charge in [-0.3, -0.25) is 4.79 Å². The Balaban J connectivity index is 2.12. The monoisotopic (exact) mass is 388 g/mol. The summed E-state index contributed by atoms with van der Waals surface area (Å²) in [5.74, 6) is 0.540. The lowest BCUT2D eigenvalue weighted by Crippen LogP contribution is -2.27. The zero-order valence-electron chi connectivity index (χ0n) is 15.5. The van der Waals surface area contributed by atoms with Crippen LogP contribution in [-0.4, -0.2) is 39.4 Å². The highest BCUT2D eigenvalue weighted by molar-refractivity contribution is 7.89. The first-order valence-corrected chi connectivity index (χ1v) is 10.0. The SMILES string of the molecule is C=CCNS(=O)(=O)c1ccc(C(=O)N(C)Cc2ccccc2OCC)cc1. The highest BCUT2D eigenvalue weighted by Gasteiger charge is 2.17. The molecule has 0 aliphatic heterocycles. The summed E-state index contributed by atoms with van der Waals surface area (Å²) in [4.78, 5) is 14.3. The lowest BCUT2D eigenvalue weighted by atomic mass is 10.1. The number of benzene rings is 2. The molecule has 0 spiro atoms. The summed E-state index contributed by atoms with van der Waals surface area (Å²) in [5.41, 5.74) is 1.32. The molecule has 0 radical (unpaired) electrons. The fraction of sp³-hybridized carbons (Fsp3) is 0.250. The molecule has 0 bridgehead atoms.